The molecule has 0 atom stereocenters. The Kier molecular flexibility index (Phi) is 9.03. The first-order chi connectivity index (χ1) is 9.01. The SMILES string of the molecule is C=C(C)C(=O)OCCO.C=CC(=O)Oc1cccs1. The number of ether oxygens (including phenoxy) is 2. The molecule has 1 rings (SSSR count). The van der Waals surface area contributed by atoms with Gasteiger partial charge in [0.25, 0.3) is 0 Å². The van der Waals surface area contributed by atoms with Crippen molar-refractivity contribution in [2.75, 3.05) is 13.2 Å². The summed E-state index contributed by atoms with van der Waals surface area (Å²) in [5.74, 6) is -0.869. The maximum atomic E-state index is 10.5. The van der Waals surface area contributed by atoms with E-state index in [1.54, 1.807) is 13.0 Å². The third-order valence-corrected chi connectivity index (χ3v) is 2.28. The molecule has 6 heteroatoms. The predicted molar refractivity (Wildman–Crippen MR) is 73.0 cm³/mol. The number of hydrogen-bond acceptors (Lipinski definition) is 6. The van der Waals surface area contributed by atoms with Crippen molar-refractivity contribution in [2.24, 2.45) is 0 Å². The van der Waals surface area contributed by atoms with Crippen LogP contribution in [0.15, 0.2) is 42.3 Å². The zero-order chi connectivity index (χ0) is 14.7. The summed E-state index contributed by atoms with van der Waals surface area (Å²) in [4.78, 5) is 21.0. The Labute approximate surface area is 115 Å². The molecular formula is C13H16O5S. The van der Waals surface area contributed by atoms with Crippen molar-refractivity contribution >= 4 is 23.3 Å². The fourth-order valence-electron chi connectivity index (χ4n) is 0.724. The van der Waals surface area contributed by atoms with Gasteiger partial charge in [0, 0.05) is 11.6 Å². The van der Waals surface area contributed by atoms with E-state index in [0.29, 0.717) is 10.6 Å². The van der Waals surface area contributed by atoms with Crippen molar-refractivity contribution in [3.63, 3.8) is 0 Å². The van der Waals surface area contributed by atoms with E-state index in [-0.39, 0.29) is 13.2 Å². The molecule has 0 spiro atoms. The molecule has 0 aliphatic heterocycles. The molecule has 0 saturated carbocycles. The van der Waals surface area contributed by atoms with Crippen molar-refractivity contribution < 1.29 is 24.2 Å². The molecule has 0 radical (unpaired) electrons. The first-order valence-electron chi connectivity index (χ1n) is 5.32. The Bertz CT molecular complexity index is 422. The fraction of sp³-hybridized carbons (Fsp3) is 0.231. The Morgan fingerprint density at radius 3 is 2.63 bits per heavy atom. The largest absolute Gasteiger partial charge is 0.460 e. The van der Waals surface area contributed by atoms with Crippen LogP contribution >= 0.6 is 11.3 Å². The van der Waals surface area contributed by atoms with Gasteiger partial charge in [-0.3, -0.25) is 0 Å². The van der Waals surface area contributed by atoms with E-state index in [9.17, 15) is 9.59 Å². The average molecular weight is 284 g/mol. The number of carbonyl (C=O) groups excluding carboxylic acids is 2. The predicted octanol–water partition coefficient (Wildman–Crippen LogP) is 1.94. The molecule has 0 aromatic carbocycles. The van der Waals surface area contributed by atoms with Crippen molar-refractivity contribution in [1.29, 1.82) is 0 Å². The highest BCUT2D eigenvalue weighted by molar-refractivity contribution is 7.11. The molecular weight excluding hydrogens is 268 g/mol. The second kappa shape index (κ2) is 10.0. The van der Waals surface area contributed by atoms with Gasteiger partial charge in [-0.05, 0) is 24.4 Å². The van der Waals surface area contributed by atoms with Gasteiger partial charge in [0.15, 0.2) is 5.06 Å². The Morgan fingerprint density at radius 1 is 1.53 bits per heavy atom. The van der Waals surface area contributed by atoms with Crippen LogP contribution in [-0.4, -0.2) is 30.3 Å². The number of hydrogen-bond donors (Lipinski definition) is 1. The molecule has 0 bridgehead atoms. The van der Waals surface area contributed by atoms with E-state index < -0.39 is 11.9 Å². The van der Waals surface area contributed by atoms with Crippen LogP contribution in [-0.2, 0) is 14.3 Å². The molecule has 0 aliphatic carbocycles. The summed E-state index contributed by atoms with van der Waals surface area (Å²) in [6.45, 7) is 8.09. The minimum absolute atomic E-state index is 0.0473. The lowest BCUT2D eigenvalue weighted by molar-refractivity contribution is -0.139. The smallest absolute Gasteiger partial charge is 0.336 e. The maximum Gasteiger partial charge on any atom is 0.336 e. The molecule has 1 heterocycles. The summed E-state index contributed by atoms with van der Waals surface area (Å²) in [5, 5.41) is 10.6. The number of aliphatic hydroxyl groups excluding tert-OH is 1. The molecule has 1 aromatic rings. The normalized spacial score (nSPS) is 8.74. The standard InChI is InChI=1S/C7H6O2S.C6H10O3/c1-2-6(8)9-7-4-3-5-10-7;1-5(2)6(8)9-4-3-7/h2-5H,1H2;7H,1,3-4H2,2H3. The number of esters is 2. The molecule has 1 N–H and O–H groups in total. The van der Waals surface area contributed by atoms with Crippen LogP contribution in [0.4, 0.5) is 0 Å². The zero-order valence-corrected chi connectivity index (χ0v) is 11.4. The minimum atomic E-state index is -0.455. The second-order valence-electron chi connectivity index (χ2n) is 3.20. The fourth-order valence-corrected chi connectivity index (χ4v) is 1.30. The van der Waals surface area contributed by atoms with Gasteiger partial charge < -0.3 is 14.6 Å². The Morgan fingerprint density at radius 2 is 2.21 bits per heavy atom. The van der Waals surface area contributed by atoms with Crippen molar-refractivity contribution in [2.45, 2.75) is 6.92 Å². The average Bonchev–Trinajstić information content (AvgIpc) is 2.89. The van der Waals surface area contributed by atoms with Gasteiger partial charge in [0.2, 0.25) is 0 Å². The first kappa shape index (κ1) is 17.1. The summed E-state index contributed by atoms with van der Waals surface area (Å²) in [7, 11) is 0. The number of carbonyl (C=O) groups is 2. The van der Waals surface area contributed by atoms with Crippen molar-refractivity contribution in [3.8, 4) is 5.06 Å². The van der Waals surface area contributed by atoms with Crippen molar-refractivity contribution in [3.05, 3.63) is 42.3 Å². The van der Waals surface area contributed by atoms with Gasteiger partial charge in [0.1, 0.15) is 6.61 Å². The van der Waals surface area contributed by atoms with Gasteiger partial charge in [-0.25, -0.2) is 9.59 Å². The minimum Gasteiger partial charge on any atom is -0.460 e. The molecule has 1 aromatic heterocycles. The highest BCUT2D eigenvalue weighted by Crippen LogP contribution is 2.17. The quantitative estimate of drug-likeness (QED) is 0.660. The molecule has 0 saturated heterocycles. The van der Waals surface area contributed by atoms with E-state index in [1.165, 1.54) is 11.3 Å². The van der Waals surface area contributed by atoms with Gasteiger partial charge in [-0.1, -0.05) is 13.2 Å². The van der Waals surface area contributed by atoms with Crippen LogP contribution in [0.3, 0.4) is 0 Å². The summed E-state index contributed by atoms with van der Waals surface area (Å²) in [6, 6.07) is 3.54. The molecule has 0 fully saturated rings. The maximum absolute atomic E-state index is 10.5. The number of rotatable bonds is 5. The Hall–Kier alpha value is -1.92. The highest BCUT2D eigenvalue weighted by Gasteiger charge is 2.00. The monoisotopic (exact) mass is 284 g/mol. The van der Waals surface area contributed by atoms with Gasteiger partial charge in [-0.2, -0.15) is 0 Å². The summed E-state index contributed by atoms with van der Waals surface area (Å²) < 4.78 is 9.23. The first-order valence-corrected chi connectivity index (χ1v) is 6.20. The second-order valence-corrected chi connectivity index (χ2v) is 4.11. The summed E-state index contributed by atoms with van der Waals surface area (Å²) in [5.41, 5.74) is 0.350. The van der Waals surface area contributed by atoms with Crippen LogP contribution in [0.5, 0.6) is 5.06 Å². The molecule has 0 amide bonds. The van der Waals surface area contributed by atoms with Gasteiger partial charge in [-0.15, -0.1) is 11.3 Å². The van der Waals surface area contributed by atoms with Crippen LogP contribution in [0.2, 0.25) is 0 Å². The van der Waals surface area contributed by atoms with E-state index in [0.717, 1.165) is 6.08 Å². The van der Waals surface area contributed by atoms with E-state index in [2.05, 4.69) is 17.9 Å². The lowest BCUT2D eigenvalue weighted by Crippen LogP contribution is -2.08. The van der Waals surface area contributed by atoms with Crippen LogP contribution in [0.25, 0.3) is 0 Å². The zero-order valence-electron chi connectivity index (χ0n) is 10.6. The topological polar surface area (TPSA) is 72.8 Å². The Balaban J connectivity index is 0.000000344. The molecule has 0 aliphatic rings. The summed E-state index contributed by atoms with van der Waals surface area (Å²) >= 11 is 1.38. The third-order valence-electron chi connectivity index (χ3n) is 1.54. The van der Waals surface area contributed by atoms with Crippen LogP contribution < -0.4 is 4.74 Å². The lowest BCUT2D eigenvalue weighted by atomic mass is 10.4. The van der Waals surface area contributed by atoms with E-state index in [1.807, 2.05) is 11.4 Å². The van der Waals surface area contributed by atoms with Crippen LogP contribution in [0, 0.1) is 0 Å². The highest BCUT2D eigenvalue weighted by atomic mass is 32.1. The number of aliphatic hydroxyl groups is 1. The van der Waals surface area contributed by atoms with Crippen LogP contribution in [0.1, 0.15) is 6.92 Å². The molecule has 104 valence electrons. The van der Waals surface area contributed by atoms with Gasteiger partial charge in [0.05, 0.1) is 6.61 Å². The lowest BCUT2D eigenvalue weighted by Gasteiger charge is -1.99. The van der Waals surface area contributed by atoms with E-state index >= 15 is 0 Å². The molecule has 19 heavy (non-hydrogen) atoms. The number of thiophene rings is 1. The summed E-state index contributed by atoms with van der Waals surface area (Å²) in [6.07, 6.45) is 1.14. The van der Waals surface area contributed by atoms with E-state index in [4.69, 9.17) is 9.84 Å². The van der Waals surface area contributed by atoms with Gasteiger partial charge >= 0.3 is 11.9 Å². The van der Waals surface area contributed by atoms with Crippen molar-refractivity contribution in [1.82, 2.24) is 0 Å². The molecule has 0 unspecified atom stereocenters. The third kappa shape index (κ3) is 8.76. The molecule has 5 nitrogen and oxygen atoms in total.